The molecule has 0 spiro atoms. The Balaban J connectivity index is 1.32. The van der Waals surface area contributed by atoms with Gasteiger partial charge in [-0.1, -0.05) is 18.2 Å². The molecule has 5 heteroatoms. The van der Waals surface area contributed by atoms with Gasteiger partial charge in [0.15, 0.2) is 0 Å². The van der Waals surface area contributed by atoms with Gasteiger partial charge in [0, 0.05) is 36.8 Å². The summed E-state index contributed by atoms with van der Waals surface area (Å²) in [5.41, 5.74) is 4.78. The van der Waals surface area contributed by atoms with Gasteiger partial charge in [-0.25, -0.2) is 4.98 Å². The highest BCUT2D eigenvalue weighted by molar-refractivity contribution is 5.82. The van der Waals surface area contributed by atoms with Crippen LogP contribution in [-0.4, -0.2) is 41.0 Å². The van der Waals surface area contributed by atoms with Crippen LogP contribution in [0.25, 0.3) is 10.9 Å². The first-order valence-electron chi connectivity index (χ1n) is 10.4. The van der Waals surface area contributed by atoms with E-state index < -0.39 is 0 Å². The molecule has 2 N–H and O–H groups in total. The molecule has 5 nitrogen and oxygen atoms in total. The maximum absolute atomic E-state index is 4.64. The Hall–Kier alpha value is -2.50. The van der Waals surface area contributed by atoms with Gasteiger partial charge < -0.3 is 10.6 Å². The summed E-state index contributed by atoms with van der Waals surface area (Å²) in [5.74, 6) is 1.82. The summed E-state index contributed by atoms with van der Waals surface area (Å²) >= 11 is 0. The number of nitrogens with one attached hydrogen (secondary N) is 2. The average molecular weight is 374 g/mol. The zero-order chi connectivity index (χ0) is 18.8. The number of rotatable bonds is 4. The van der Waals surface area contributed by atoms with Crippen LogP contribution in [0.2, 0.25) is 0 Å². The number of nitrogens with zero attached hydrogens (tertiary/aromatic N) is 3. The van der Waals surface area contributed by atoms with Gasteiger partial charge in [0.05, 0.1) is 17.4 Å². The quantitative estimate of drug-likeness (QED) is 0.730. The smallest absolute Gasteiger partial charge is 0.133 e. The summed E-state index contributed by atoms with van der Waals surface area (Å²) < 4.78 is 0. The van der Waals surface area contributed by atoms with Crippen molar-refractivity contribution in [1.82, 2.24) is 20.2 Å². The number of aromatic nitrogens is 2. The molecular weight excluding hydrogens is 346 g/mol. The summed E-state index contributed by atoms with van der Waals surface area (Å²) in [6.07, 6.45) is 7.50. The Morgan fingerprint density at radius 2 is 2.00 bits per heavy atom. The monoisotopic (exact) mass is 373 g/mol. The van der Waals surface area contributed by atoms with Crippen LogP contribution in [0.15, 0.2) is 48.8 Å². The first kappa shape index (κ1) is 17.6. The summed E-state index contributed by atoms with van der Waals surface area (Å²) in [4.78, 5) is 11.8. The van der Waals surface area contributed by atoms with E-state index in [2.05, 4.69) is 43.7 Å². The standard InChI is InChI=1S/C23H27N5/c1-2-4-22-18(3-1)13-20(14-26-22)27-23-21-8-12-28(16-19(21)7-11-25-23)15-17-5-9-24-10-6-17/h1-4,7,11,13-14,17,24H,5-6,8-10,12,15-16H2,(H,25,27). The maximum Gasteiger partial charge on any atom is 0.133 e. The summed E-state index contributed by atoms with van der Waals surface area (Å²) in [5, 5.41) is 8.13. The SMILES string of the molecule is c1ccc2ncc(Nc3nccc4c3CCN(CC3CCNCC3)C4)cc2c1. The van der Waals surface area contributed by atoms with Crippen molar-refractivity contribution in [3.05, 3.63) is 59.9 Å². The molecule has 28 heavy (non-hydrogen) atoms. The van der Waals surface area contributed by atoms with Gasteiger partial charge in [-0.3, -0.25) is 9.88 Å². The normalized spacial score (nSPS) is 18.1. The fraction of sp³-hybridized carbons (Fsp3) is 0.391. The topological polar surface area (TPSA) is 53.1 Å². The molecule has 5 rings (SSSR count). The predicted molar refractivity (Wildman–Crippen MR) is 114 cm³/mol. The zero-order valence-electron chi connectivity index (χ0n) is 16.2. The molecule has 0 aliphatic carbocycles. The lowest BCUT2D eigenvalue weighted by molar-refractivity contribution is 0.191. The van der Waals surface area contributed by atoms with Crippen LogP contribution in [0.5, 0.6) is 0 Å². The average Bonchev–Trinajstić information content (AvgIpc) is 2.74. The maximum atomic E-state index is 4.64. The first-order valence-corrected chi connectivity index (χ1v) is 10.4. The number of hydrogen-bond donors (Lipinski definition) is 2. The van der Waals surface area contributed by atoms with Crippen molar-refractivity contribution in [2.24, 2.45) is 5.92 Å². The zero-order valence-corrected chi connectivity index (χ0v) is 16.2. The molecule has 0 saturated carbocycles. The molecule has 1 saturated heterocycles. The molecule has 3 aromatic rings. The lowest BCUT2D eigenvalue weighted by atomic mass is 9.95. The highest BCUT2D eigenvalue weighted by Crippen LogP contribution is 2.28. The van der Waals surface area contributed by atoms with Gasteiger partial charge in [-0.15, -0.1) is 0 Å². The van der Waals surface area contributed by atoms with E-state index in [0.29, 0.717) is 0 Å². The minimum absolute atomic E-state index is 0.839. The van der Waals surface area contributed by atoms with Gasteiger partial charge in [0.1, 0.15) is 5.82 Å². The van der Waals surface area contributed by atoms with E-state index in [1.54, 1.807) is 0 Å². The molecule has 0 atom stereocenters. The van der Waals surface area contributed by atoms with Gasteiger partial charge in [0.25, 0.3) is 0 Å². The molecule has 144 valence electrons. The number of pyridine rings is 2. The molecule has 1 aromatic carbocycles. The number of anilines is 2. The summed E-state index contributed by atoms with van der Waals surface area (Å²) in [6.45, 7) is 5.72. The largest absolute Gasteiger partial charge is 0.339 e. The van der Waals surface area contributed by atoms with Crippen LogP contribution in [-0.2, 0) is 13.0 Å². The molecule has 0 bridgehead atoms. The Bertz CT molecular complexity index is 964. The Morgan fingerprint density at radius 1 is 1.11 bits per heavy atom. The Morgan fingerprint density at radius 3 is 2.93 bits per heavy atom. The second-order valence-corrected chi connectivity index (χ2v) is 8.02. The molecule has 2 aliphatic heterocycles. The molecule has 0 amide bonds. The minimum Gasteiger partial charge on any atom is -0.339 e. The number of fused-ring (bicyclic) bond motifs is 2. The van der Waals surface area contributed by atoms with Crippen LogP contribution in [0.4, 0.5) is 11.5 Å². The fourth-order valence-corrected chi connectivity index (χ4v) is 4.52. The lowest BCUT2D eigenvalue weighted by Crippen LogP contribution is -2.38. The third kappa shape index (κ3) is 3.73. The van der Waals surface area contributed by atoms with E-state index in [9.17, 15) is 0 Å². The van der Waals surface area contributed by atoms with Crippen molar-refractivity contribution in [3.8, 4) is 0 Å². The Kier molecular flexibility index (Phi) is 4.93. The van der Waals surface area contributed by atoms with E-state index in [1.807, 2.05) is 30.6 Å². The Labute approximate surface area is 166 Å². The highest BCUT2D eigenvalue weighted by atomic mass is 15.1. The fourth-order valence-electron chi connectivity index (χ4n) is 4.52. The molecule has 0 radical (unpaired) electrons. The van der Waals surface area contributed by atoms with E-state index in [4.69, 9.17) is 0 Å². The van der Waals surface area contributed by atoms with Crippen molar-refractivity contribution in [3.63, 3.8) is 0 Å². The summed E-state index contributed by atoms with van der Waals surface area (Å²) in [6, 6.07) is 12.5. The van der Waals surface area contributed by atoms with Crippen LogP contribution in [0.1, 0.15) is 24.0 Å². The van der Waals surface area contributed by atoms with Gasteiger partial charge in [0.2, 0.25) is 0 Å². The predicted octanol–water partition coefficient (Wildman–Crippen LogP) is 3.73. The van der Waals surface area contributed by atoms with Crippen LogP contribution in [0.3, 0.4) is 0 Å². The second kappa shape index (κ2) is 7.86. The van der Waals surface area contributed by atoms with Crippen LogP contribution < -0.4 is 10.6 Å². The minimum atomic E-state index is 0.839. The van der Waals surface area contributed by atoms with Gasteiger partial charge in [-0.05, 0) is 62.0 Å². The molecule has 0 unspecified atom stereocenters. The number of hydrogen-bond acceptors (Lipinski definition) is 5. The van der Waals surface area contributed by atoms with Gasteiger partial charge >= 0.3 is 0 Å². The number of benzene rings is 1. The van der Waals surface area contributed by atoms with Crippen molar-refractivity contribution < 1.29 is 0 Å². The van der Waals surface area contributed by atoms with E-state index in [-0.39, 0.29) is 0 Å². The van der Waals surface area contributed by atoms with Crippen molar-refractivity contribution in [2.45, 2.75) is 25.8 Å². The molecular formula is C23H27N5. The van der Waals surface area contributed by atoms with Crippen molar-refractivity contribution in [1.29, 1.82) is 0 Å². The molecule has 4 heterocycles. The van der Waals surface area contributed by atoms with Gasteiger partial charge in [-0.2, -0.15) is 0 Å². The molecule has 1 fully saturated rings. The first-order chi connectivity index (χ1) is 13.8. The van der Waals surface area contributed by atoms with E-state index in [1.165, 1.54) is 43.6 Å². The van der Waals surface area contributed by atoms with E-state index in [0.717, 1.165) is 47.8 Å². The number of piperidine rings is 1. The van der Waals surface area contributed by atoms with Crippen molar-refractivity contribution >= 4 is 22.4 Å². The third-order valence-corrected chi connectivity index (χ3v) is 6.05. The molecule has 2 aromatic heterocycles. The molecule has 2 aliphatic rings. The van der Waals surface area contributed by atoms with Crippen LogP contribution in [0, 0.1) is 5.92 Å². The number of para-hydroxylation sites is 1. The third-order valence-electron chi connectivity index (χ3n) is 6.05. The lowest BCUT2D eigenvalue weighted by Gasteiger charge is -2.34. The highest BCUT2D eigenvalue weighted by Gasteiger charge is 2.23. The van der Waals surface area contributed by atoms with Crippen molar-refractivity contribution in [2.75, 3.05) is 31.5 Å². The van der Waals surface area contributed by atoms with Crippen LogP contribution >= 0.6 is 0 Å². The van der Waals surface area contributed by atoms with E-state index >= 15 is 0 Å². The summed E-state index contributed by atoms with van der Waals surface area (Å²) in [7, 11) is 0. The second-order valence-electron chi connectivity index (χ2n) is 8.02.